The molecule has 0 aromatic rings. The van der Waals surface area contributed by atoms with E-state index in [1.54, 1.807) is 34.6 Å². The number of carbonyl (C=O) groups excluding carboxylic acids is 6. The highest BCUT2D eigenvalue weighted by Crippen LogP contribution is 2.20. The zero-order valence-corrected chi connectivity index (χ0v) is 35.6. The monoisotopic (exact) mass is 890 g/mol. The molecule has 0 aliphatic rings. The van der Waals surface area contributed by atoms with Gasteiger partial charge in [-0.2, -0.15) is 0 Å². The number of ether oxygens (including phenoxy) is 10. The van der Waals surface area contributed by atoms with Crippen LogP contribution in [0.2, 0.25) is 0 Å². The Labute approximate surface area is 360 Å². The zero-order chi connectivity index (χ0) is 46.7. The van der Waals surface area contributed by atoms with Crippen LogP contribution in [0.15, 0.2) is 60.8 Å². The van der Waals surface area contributed by atoms with E-state index in [0.717, 1.165) is 30.4 Å². The summed E-state index contributed by atoms with van der Waals surface area (Å²) >= 11 is 0. The number of allylic oxidation sites excluding steroid dienone is 5. The van der Waals surface area contributed by atoms with E-state index < -0.39 is 157 Å². The largest absolute Gasteiger partial charge is 0.460 e. The quantitative estimate of drug-likeness (QED) is 0.0224. The summed E-state index contributed by atoms with van der Waals surface area (Å²) < 4.78 is 54.2. The maximum absolute atomic E-state index is 12.8. The molecule has 0 amide bonds. The average molecular weight is 891 g/mol. The maximum Gasteiger partial charge on any atom is 0.330 e. The number of carbonyl (C=O) groups is 6. The molecule has 0 aromatic heterocycles. The molecular formula is C41H62O21. The maximum atomic E-state index is 12.8. The predicted molar refractivity (Wildman–Crippen MR) is 215 cm³/mol. The van der Waals surface area contributed by atoms with Crippen molar-refractivity contribution < 1.29 is 102 Å². The molecule has 9 atom stereocenters. The van der Waals surface area contributed by atoms with E-state index in [1.807, 2.05) is 0 Å². The standard InChI is InChI=1S/C41H62O21/c1-6-11-35(48)56-20-28(43)17-53-27-34(55-19-30(45)22-58-37(50)13-8-3)41(62-26-32(47)24-60-39(52)15-10-5)40(61-25-31(46)23-59-38(51)14-9-4)33(16-42)54-18-29(44)21-57-36(49)12-7-2/h6-16,28-34,40-41,43-47H,17-27H2,1-5H3/t28?,29?,30?,31?,32?,33-,34+,40+,41-/m0/s1. The summed E-state index contributed by atoms with van der Waals surface area (Å²) in [5.41, 5.74) is 0. The minimum Gasteiger partial charge on any atom is -0.460 e. The molecule has 0 spiro atoms. The van der Waals surface area contributed by atoms with Crippen LogP contribution in [0.5, 0.6) is 0 Å². The molecule has 0 fully saturated rings. The van der Waals surface area contributed by atoms with E-state index in [0.29, 0.717) is 0 Å². The molecule has 0 aliphatic carbocycles. The summed E-state index contributed by atoms with van der Waals surface area (Å²) in [7, 11) is 0. The van der Waals surface area contributed by atoms with Gasteiger partial charge in [0, 0.05) is 30.4 Å². The highest BCUT2D eigenvalue weighted by atomic mass is 16.6. The van der Waals surface area contributed by atoms with Crippen molar-refractivity contribution >= 4 is 36.1 Å². The second-order valence-electron chi connectivity index (χ2n) is 12.9. The number of rotatable bonds is 35. The summed E-state index contributed by atoms with van der Waals surface area (Å²) in [6.45, 7) is 1.43. The third kappa shape index (κ3) is 28.8. The molecule has 62 heavy (non-hydrogen) atoms. The number of aliphatic hydroxyl groups excluding tert-OH is 5. The summed E-state index contributed by atoms with van der Waals surface area (Å²) in [6, 6.07) is 0. The number of aliphatic hydroxyl groups is 5. The van der Waals surface area contributed by atoms with Crippen molar-refractivity contribution in [3.05, 3.63) is 60.8 Å². The number of esters is 5. The van der Waals surface area contributed by atoms with E-state index in [9.17, 15) is 54.3 Å². The SMILES string of the molecule is CC=CC(=O)OCC(O)COC[C@@H](OCC(O)COC(=O)C=CC)[C@H](OCC(O)COC(=O)C=CC)[C@H](OCC(O)COC(=O)C=CC)[C@H](C=O)OCC(O)COC(=O)C=CC. The van der Waals surface area contributed by atoms with Crippen LogP contribution < -0.4 is 0 Å². The van der Waals surface area contributed by atoms with Crippen LogP contribution >= 0.6 is 0 Å². The second-order valence-corrected chi connectivity index (χ2v) is 12.9. The van der Waals surface area contributed by atoms with Gasteiger partial charge < -0.3 is 77.7 Å². The molecule has 21 heteroatoms. The highest BCUT2D eigenvalue weighted by molar-refractivity contribution is 5.83. The summed E-state index contributed by atoms with van der Waals surface area (Å²) in [4.78, 5) is 72.0. The van der Waals surface area contributed by atoms with Crippen LogP contribution in [0.3, 0.4) is 0 Å². The van der Waals surface area contributed by atoms with Crippen LogP contribution in [0.1, 0.15) is 34.6 Å². The first kappa shape index (κ1) is 57.3. The molecule has 0 rings (SSSR count). The third-order valence-corrected chi connectivity index (χ3v) is 7.29. The van der Waals surface area contributed by atoms with Crippen molar-refractivity contribution in [1.82, 2.24) is 0 Å². The van der Waals surface area contributed by atoms with Crippen LogP contribution in [0.4, 0.5) is 0 Å². The fraction of sp³-hybridized carbons (Fsp3) is 0.610. The molecule has 0 saturated carbocycles. The Hall–Kier alpha value is -4.68. The summed E-state index contributed by atoms with van der Waals surface area (Å²) in [5.74, 6) is -3.85. The molecular weight excluding hydrogens is 828 g/mol. The highest BCUT2D eigenvalue weighted by Gasteiger charge is 2.40. The lowest BCUT2D eigenvalue weighted by Gasteiger charge is -2.37. The molecule has 0 aliphatic heterocycles. The Kier molecular flexibility index (Phi) is 33.2. The molecule has 0 saturated heterocycles. The fourth-order valence-corrected chi connectivity index (χ4v) is 4.51. The van der Waals surface area contributed by atoms with Crippen LogP contribution in [-0.2, 0) is 76.1 Å². The predicted octanol–water partition coefficient (Wildman–Crippen LogP) is -0.856. The van der Waals surface area contributed by atoms with E-state index in [2.05, 4.69) is 0 Å². The summed E-state index contributed by atoms with van der Waals surface area (Å²) in [6.07, 6.45) is -1.14. The third-order valence-electron chi connectivity index (χ3n) is 7.29. The lowest BCUT2D eigenvalue weighted by Crippen LogP contribution is -2.54. The summed E-state index contributed by atoms with van der Waals surface area (Å²) in [5, 5.41) is 53.2. The van der Waals surface area contributed by atoms with Gasteiger partial charge in [-0.1, -0.05) is 30.4 Å². The van der Waals surface area contributed by atoms with Crippen LogP contribution in [-0.4, -0.2) is 189 Å². The molecule has 21 nitrogen and oxygen atoms in total. The Morgan fingerprint density at radius 2 is 0.677 bits per heavy atom. The molecule has 5 N–H and O–H groups in total. The van der Waals surface area contributed by atoms with Crippen molar-refractivity contribution in [1.29, 1.82) is 0 Å². The minimum atomic E-state index is -1.74. The number of hydrogen-bond donors (Lipinski definition) is 5. The topological polar surface area (TPSA) is 296 Å². The van der Waals surface area contributed by atoms with Gasteiger partial charge in [-0.3, -0.25) is 0 Å². The van der Waals surface area contributed by atoms with Gasteiger partial charge >= 0.3 is 29.8 Å². The first-order valence-corrected chi connectivity index (χ1v) is 19.5. The molecule has 0 aromatic carbocycles. The van der Waals surface area contributed by atoms with E-state index in [4.69, 9.17) is 47.4 Å². The van der Waals surface area contributed by atoms with E-state index >= 15 is 0 Å². The van der Waals surface area contributed by atoms with Gasteiger partial charge in [0.25, 0.3) is 0 Å². The van der Waals surface area contributed by atoms with Gasteiger partial charge in [0.05, 0.1) is 39.6 Å². The van der Waals surface area contributed by atoms with Gasteiger partial charge in [0.15, 0.2) is 6.29 Å². The van der Waals surface area contributed by atoms with Crippen molar-refractivity contribution in [2.24, 2.45) is 0 Å². The van der Waals surface area contributed by atoms with Crippen molar-refractivity contribution in [3.8, 4) is 0 Å². The minimum absolute atomic E-state index is 0.240. The van der Waals surface area contributed by atoms with Gasteiger partial charge in [-0.15, -0.1) is 0 Å². The number of hydrogen-bond acceptors (Lipinski definition) is 21. The van der Waals surface area contributed by atoms with Crippen LogP contribution in [0.25, 0.3) is 0 Å². The first-order chi connectivity index (χ1) is 29.6. The van der Waals surface area contributed by atoms with Gasteiger partial charge in [-0.05, 0) is 34.6 Å². The first-order valence-electron chi connectivity index (χ1n) is 19.5. The molecule has 352 valence electrons. The second kappa shape index (κ2) is 35.9. The molecule has 5 unspecified atom stereocenters. The van der Waals surface area contributed by atoms with Crippen molar-refractivity contribution in [3.63, 3.8) is 0 Å². The molecule has 0 bridgehead atoms. The van der Waals surface area contributed by atoms with E-state index in [1.165, 1.54) is 30.4 Å². The Morgan fingerprint density at radius 1 is 0.387 bits per heavy atom. The van der Waals surface area contributed by atoms with Gasteiger partial charge in [0.1, 0.15) is 88.0 Å². The zero-order valence-electron chi connectivity index (χ0n) is 35.6. The number of aldehydes is 1. The fourth-order valence-electron chi connectivity index (χ4n) is 4.51. The lowest BCUT2D eigenvalue weighted by molar-refractivity contribution is -0.209. The van der Waals surface area contributed by atoms with Crippen molar-refractivity contribution in [2.45, 2.75) is 89.6 Å². The normalized spacial score (nSPS) is 16.4. The molecule has 0 radical (unpaired) electrons. The average Bonchev–Trinajstić information content (AvgIpc) is 3.23. The van der Waals surface area contributed by atoms with Gasteiger partial charge in [0.2, 0.25) is 0 Å². The van der Waals surface area contributed by atoms with Crippen molar-refractivity contribution in [2.75, 3.05) is 72.7 Å². The lowest BCUT2D eigenvalue weighted by atomic mass is 10.0. The smallest absolute Gasteiger partial charge is 0.330 e. The van der Waals surface area contributed by atoms with E-state index in [-0.39, 0.29) is 6.29 Å². The van der Waals surface area contributed by atoms with Crippen LogP contribution in [0, 0.1) is 0 Å². The molecule has 0 heterocycles. The Balaban J connectivity index is 6.96. The Morgan fingerprint density at radius 3 is 1.00 bits per heavy atom. The Bertz CT molecular complexity index is 1440. The van der Waals surface area contributed by atoms with Gasteiger partial charge in [-0.25, -0.2) is 24.0 Å².